The van der Waals surface area contributed by atoms with Crippen molar-refractivity contribution in [1.82, 2.24) is 5.32 Å². The van der Waals surface area contributed by atoms with Crippen LogP contribution in [0.1, 0.15) is 11.1 Å². The molecule has 0 saturated carbocycles. The lowest BCUT2D eigenvalue weighted by Gasteiger charge is -2.06. The third-order valence-corrected chi connectivity index (χ3v) is 2.26. The first-order valence-electron chi connectivity index (χ1n) is 5.18. The Balaban J connectivity index is 2.33. The first-order chi connectivity index (χ1) is 7.24. The highest BCUT2D eigenvalue weighted by Gasteiger charge is 2.01. The van der Waals surface area contributed by atoms with Gasteiger partial charge in [0, 0.05) is 13.7 Å². The maximum atomic E-state index is 13.3. The molecule has 0 saturated heterocycles. The summed E-state index contributed by atoms with van der Waals surface area (Å²) < 4.78 is 18.2. The van der Waals surface area contributed by atoms with Gasteiger partial charge in [0.05, 0.1) is 6.61 Å². The Kier molecular flexibility index (Phi) is 5.29. The van der Waals surface area contributed by atoms with Crippen LogP contribution in [0.25, 0.3) is 0 Å². The molecule has 0 aromatic heterocycles. The Bertz CT molecular complexity index is 302. The van der Waals surface area contributed by atoms with Crippen molar-refractivity contribution in [1.29, 1.82) is 0 Å². The summed E-state index contributed by atoms with van der Waals surface area (Å²) in [6.07, 6.45) is 0.719. The van der Waals surface area contributed by atoms with Gasteiger partial charge in [0.1, 0.15) is 5.82 Å². The molecule has 0 amide bonds. The average molecular weight is 211 g/mol. The van der Waals surface area contributed by atoms with Gasteiger partial charge in [-0.05, 0) is 31.5 Å². The summed E-state index contributed by atoms with van der Waals surface area (Å²) in [5.41, 5.74) is 1.88. The predicted octanol–water partition coefficient (Wildman–Crippen LogP) is 1.91. The molecule has 0 atom stereocenters. The molecule has 0 spiro atoms. The number of halogens is 1. The van der Waals surface area contributed by atoms with Crippen LogP contribution in [-0.2, 0) is 11.2 Å². The molecule has 15 heavy (non-hydrogen) atoms. The minimum Gasteiger partial charge on any atom is -0.383 e. The predicted molar refractivity (Wildman–Crippen MR) is 59.6 cm³/mol. The minimum absolute atomic E-state index is 0.117. The average Bonchev–Trinajstić information content (AvgIpc) is 2.23. The van der Waals surface area contributed by atoms with Crippen LogP contribution in [0.2, 0.25) is 0 Å². The van der Waals surface area contributed by atoms with Crippen molar-refractivity contribution in [2.75, 3.05) is 26.8 Å². The SMILES string of the molecule is COCCNCCc1cc(C)ccc1F. The highest BCUT2D eigenvalue weighted by atomic mass is 19.1. The van der Waals surface area contributed by atoms with Gasteiger partial charge in [0.25, 0.3) is 0 Å². The Morgan fingerprint density at radius 3 is 2.87 bits per heavy atom. The molecule has 2 nitrogen and oxygen atoms in total. The Morgan fingerprint density at radius 2 is 2.13 bits per heavy atom. The topological polar surface area (TPSA) is 21.3 Å². The number of methoxy groups -OCH3 is 1. The first-order valence-corrected chi connectivity index (χ1v) is 5.18. The number of aryl methyl sites for hydroxylation is 1. The minimum atomic E-state index is -0.117. The molecule has 0 fully saturated rings. The highest BCUT2D eigenvalue weighted by Crippen LogP contribution is 2.09. The van der Waals surface area contributed by atoms with Crippen molar-refractivity contribution < 1.29 is 9.13 Å². The van der Waals surface area contributed by atoms with Gasteiger partial charge in [-0.25, -0.2) is 4.39 Å². The maximum Gasteiger partial charge on any atom is 0.126 e. The van der Waals surface area contributed by atoms with Crippen molar-refractivity contribution in [3.63, 3.8) is 0 Å². The second-order valence-corrected chi connectivity index (χ2v) is 3.59. The smallest absolute Gasteiger partial charge is 0.126 e. The second kappa shape index (κ2) is 6.53. The summed E-state index contributed by atoms with van der Waals surface area (Å²) in [6, 6.07) is 5.21. The van der Waals surface area contributed by atoms with E-state index in [1.807, 2.05) is 13.0 Å². The van der Waals surface area contributed by atoms with Gasteiger partial charge in [-0.1, -0.05) is 17.7 Å². The van der Waals surface area contributed by atoms with E-state index in [0.29, 0.717) is 6.61 Å². The summed E-state index contributed by atoms with van der Waals surface area (Å²) >= 11 is 0. The van der Waals surface area contributed by atoms with E-state index in [9.17, 15) is 4.39 Å². The number of nitrogens with one attached hydrogen (secondary N) is 1. The standard InChI is InChI=1S/C12H18FNO/c1-10-3-4-12(13)11(9-10)5-6-14-7-8-15-2/h3-4,9,14H,5-8H2,1-2H3. The summed E-state index contributed by atoms with van der Waals surface area (Å²) in [5.74, 6) is -0.117. The van der Waals surface area contributed by atoms with Gasteiger partial charge in [-0.3, -0.25) is 0 Å². The molecular weight excluding hydrogens is 193 g/mol. The lowest BCUT2D eigenvalue weighted by molar-refractivity contribution is 0.199. The zero-order valence-corrected chi connectivity index (χ0v) is 9.35. The van der Waals surface area contributed by atoms with Crippen LogP contribution in [-0.4, -0.2) is 26.8 Å². The molecule has 1 aromatic rings. The first kappa shape index (κ1) is 12.1. The van der Waals surface area contributed by atoms with Gasteiger partial charge in [0.2, 0.25) is 0 Å². The molecular formula is C12H18FNO. The third kappa shape index (κ3) is 4.40. The van der Waals surface area contributed by atoms with E-state index >= 15 is 0 Å². The molecule has 1 aromatic carbocycles. The third-order valence-electron chi connectivity index (χ3n) is 2.26. The molecule has 84 valence electrons. The molecule has 0 unspecified atom stereocenters. The van der Waals surface area contributed by atoms with Crippen LogP contribution in [0.4, 0.5) is 4.39 Å². The molecule has 0 aliphatic carbocycles. The van der Waals surface area contributed by atoms with E-state index in [0.717, 1.165) is 30.6 Å². The zero-order chi connectivity index (χ0) is 11.1. The Labute approximate surface area is 90.4 Å². The van der Waals surface area contributed by atoms with E-state index < -0.39 is 0 Å². The van der Waals surface area contributed by atoms with Crippen LogP contribution in [0.5, 0.6) is 0 Å². The lowest BCUT2D eigenvalue weighted by Crippen LogP contribution is -2.22. The number of rotatable bonds is 6. The fraction of sp³-hybridized carbons (Fsp3) is 0.500. The van der Waals surface area contributed by atoms with Gasteiger partial charge in [-0.15, -0.1) is 0 Å². The molecule has 0 bridgehead atoms. The summed E-state index contributed by atoms with van der Waals surface area (Å²) in [6.45, 7) is 4.26. The van der Waals surface area contributed by atoms with Crippen molar-refractivity contribution in [2.45, 2.75) is 13.3 Å². The van der Waals surface area contributed by atoms with Crippen molar-refractivity contribution >= 4 is 0 Å². The van der Waals surface area contributed by atoms with Crippen LogP contribution < -0.4 is 5.32 Å². The summed E-state index contributed by atoms with van der Waals surface area (Å²) in [4.78, 5) is 0. The van der Waals surface area contributed by atoms with Crippen LogP contribution in [0.15, 0.2) is 18.2 Å². The van der Waals surface area contributed by atoms with E-state index in [1.54, 1.807) is 13.2 Å². The molecule has 1 N–H and O–H groups in total. The fourth-order valence-corrected chi connectivity index (χ4v) is 1.42. The van der Waals surface area contributed by atoms with Gasteiger partial charge >= 0.3 is 0 Å². The molecule has 0 heterocycles. The van der Waals surface area contributed by atoms with E-state index in [2.05, 4.69) is 5.32 Å². The molecule has 0 aliphatic heterocycles. The van der Waals surface area contributed by atoms with Crippen LogP contribution in [0, 0.1) is 12.7 Å². The number of hydrogen-bond acceptors (Lipinski definition) is 2. The summed E-state index contributed by atoms with van der Waals surface area (Å²) in [7, 11) is 1.67. The Morgan fingerprint density at radius 1 is 1.33 bits per heavy atom. The van der Waals surface area contributed by atoms with Gasteiger partial charge in [-0.2, -0.15) is 0 Å². The quantitative estimate of drug-likeness (QED) is 0.726. The van der Waals surface area contributed by atoms with E-state index in [4.69, 9.17) is 4.74 Å². The largest absolute Gasteiger partial charge is 0.383 e. The normalized spacial score (nSPS) is 10.6. The van der Waals surface area contributed by atoms with Crippen LogP contribution in [0.3, 0.4) is 0 Å². The monoisotopic (exact) mass is 211 g/mol. The summed E-state index contributed by atoms with van der Waals surface area (Å²) in [5, 5.41) is 3.19. The molecule has 1 rings (SSSR count). The fourth-order valence-electron chi connectivity index (χ4n) is 1.42. The molecule has 3 heteroatoms. The van der Waals surface area contributed by atoms with Crippen molar-refractivity contribution in [3.05, 3.63) is 35.1 Å². The zero-order valence-electron chi connectivity index (χ0n) is 9.35. The maximum absolute atomic E-state index is 13.3. The number of hydrogen-bond donors (Lipinski definition) is 1. The number of ether oxygens (including phenoxy) is 1. The second-order valence-electron chi connectivity index (χ2n) is 3.59. The molecule has 0 radical (unpaired) electrons. The van der Waals surface area contributed by atoms with E-state index in [1.165, 1.54) is 6.07 Å². The Hall–Kier alpha value is -0.930. The van der Waals surface area contributed by atoms with Gasteiger partial charge < -0.3 is 10.1 Å². The lowest BCUT2D eigenvalue weighted by atomic mass is 10.1. The molecule has 0 aliphatic rings. The van der Waals surface area contributed by atoms with E-state index in [-0.39, 0.29) is 5.82 Å². The van der Waals surface area contributed by atoms with Crippen molar-refractivity contribution in [3.8, 4) is 0 Å². The van der Waals surface area contributed by atoms with Crippen molar-refractivity contribution in [2.24, 2.45) is 0 Å². The van der Waals surface area contributed by atoms with Gasteiger partial charge in [0.15, 0.2) is 0 Å². The highest BCUT2D eigenvalue weighted by molar-refractivity contribution is 5.24. The van der Waals surface area contributed by atoms with Crippen LogP contribution >= 0.6 is 0 Å². The number of benzene rings is 1.